The second-order valence-electron chi connectivity index (χ2n) is 5.07. The SMILES string of the molecule is Cc1cc(-c2ccccc2)o[n+]1C(C)(C)C. The van der Waals surface area contributed by atoms with Gasteiger partial charge in [-0.25, -0.2) is 4.52 Å². The van der Waals surface area contributed by atoms with Crippen molar-refractivity contribution in [1.29, 1.82) is 0 Å². The largest absolute Gasteiger partial charge is 0.235 e. The Morgan fingerprint density at radius 1 is 1.06 bits per heavy atom. The Balaban J connectivity index is 2.47. The molecule has 0 spiro atoms. The fourth-order valence-electron chi connectivity index (χ4n) is 1.85. The molecule has 0 aliphatic heterocycles. The van der Waals surface area contributed by atoms with Crippen molar-refractivity contribution in [2.45, 2.75) is 33.2 Å². The fraction of sp³-hybridized carbons (Fsp3) is 0.357. The van der Waals surface area contributed by atoms with Gasteiger partial charge in [0.05, 0.1) is 6.07 Å². The number of benzene rings is 1. The number of rotatable bonds is 1. The number of nitrogens with zero attached hydrogens (tertiary/aromatic N) is 1. The maximum absolute atomic E-state index is 5.88. The number of aromatic nitrogens is 1. The van der Waals surface area contributed by atoms with E-state index >= 15 is 0 Å². The highest BCUT2D eigenvalue weighted by atomic mass is 16.5. The number of aryl methyl sites for hydroxylation is 1. The van der Waals surface area contributed by atoms with Crippen LogP contribution >= 0.6 is 0 Å². The zero-order valence-corrected chi connectivity index (χ0v) is 10.3. The van der Waals surface area contributed by atoms with Gasteiger partial charge in [-0.05, 0) is 4.74 Å². The Morgan fingerprint density at radius 3 is 2.19 bits per heavy atom. The van der Waals surface area contributed by atoms with Crippen LogP contribution in [-0.2, 0) is 5.54 Å². The molecule has 1 heterocycles. The van der Waals surface area contributed by atoms with Crippen LogP contribution in [0.5, 0.6) is 0 Å². The summed E-state index contributed by atoms with van der Waals surface area (Å²) in [5, 5.41) is 0. The van der Waals surface area contributed by atoms with Gasteiger partial charge in [-0.2, -0.15) is 0 Å². The zero-order valence-electron chi connectivity index (χ0n) is 10.3. The minimum atomic E-state index is -0.0168. The first-order chi connectivity index (χ1) is 7.48. The lowest BCUT2D eigenvalue weighted by Crippen LogP contribution is -2.50. The Morgan fingerprint density at radius 2 is 1.69 bits per heavy atom. The Labute approximate surface area is 96.5 Å². The van der Waals surface area contributed by atoms with Gasteiger partial charge in [0.15, 0.2) is 0 Å². The summed E-state index contributed by atoms with van der Waals surface area (Å²) < 4.78 is 7.84. The molecule has 84 valence electrons. The molecule has 2 heteroatoms. The smallest absolute Gasteiger partial charge is 0.229 e. The predicted octanol–water partition coefficient (Wildman–Crippen LogP) is 3.30. The first-order valence-electron chi connectivity index (χ1n) is 5.57. The molecule has 1 aromatic heterocycles. The molecule has 0 fully saturated rings. The van der Waals surface area contributed by atoms with E-state index in [0.717, 1.165) is 17.0 Å². The minimum absolute atomic E-state index is 0.0168. The Kier molecular flexibility index (Phi) is 2.58. The molecule has 16 heavy (non-hydrogen) atoms. The summed E-state index contributed by atoms with van der Waals surface area (Å²) in [6, 6.07) is 12.3. The molecule has 2 rings (SSSR count). The maximum atomic E-state index is 5.88. The van der Waals surface area contributed by atoms with Crippen LogP contribution in [0.4, 0.5) is 0 Å². The first kappa shape index (κ1) is 10.9. The van der Waals surface area contributed by atoms with E-state index in [0.29, 0.717) is 0 Å². The summed E-state index contributed by atoms with van der Waals surface area (Å²) in [5.41, 5.74) is 2.25. The molecule has 0 atom stereocenters. The van der Waals surface area contributed by atoms with Crippen molar-refractivity contribution in [1.82, 2.24) is 0 Å². The number of hydrogen-bond donors (Lipinski definition) is 0. The summed E-state index contributed by atoms with van der Waals surface area (Å²) in [6.45, 7) is 8.48. The van der Waals surface area contributed by atoms with Gasteiger partial charge in [0, 0.05) is 33.3 Å². The van der Waals surface area contributed by atoms with Crippen molar-refractivity contribution in [3.05, 3.63) is 42.1 Å². The van der Waals surface area contributed by atoms with Crippen LogP contribution in [0.25, 0.3) is 11.3 Å². The van der Waals surface area contributed by atoms with Gasteiger partial charge >= 0.3 is 0 Å². The van der Waals surface area contributed by atoms with Crippen molar-refractivity contribution in [2.75, 3.05) is 0 Å². The lowest BCUT2D eigenvalue weighted by Gasteiger charge is -2.07. The van der Waals surface area contributed by atoms with Gasteiger partial charge in [0.1, 0.15) is 0 Å². The average molecular weight is 216 g/mol. The highest BCUT2D eigenvalue weighted by Crippen LogP contribution is 2.20. The van der Waals surface area contributed by atoms with Crippen LogP contribution in [0.1, 0.15) is 26.5 Å². The lowest BCUT2D eigenvalue weighted by molar-refractivity contribution is -0.909. The second kappa shape index (κ2) is 3.78. The normalized spacial score (nSPS) is 11.8. The third-order valence-corrected chi connectivity index (χ3v) is 2.52. The van der Waals surface area contributed by atoms with E-state index < -0.39 is 0 Å². The van der Waals surface area contributed by atoms with E-state index in [-0.39, 0.29) is 5.54 Å². The van der Waals surface area contributed by atoms with E-state index in [9.17, 15) is 0 Å². The van der Waals surface area contributed by atoms with E-state index in [2.05, 4.69) is 45.9 Å². The molecule has 2 nitrogen and oxygen atoms in total. The van der Waals surface area contributed by atoms with Crippen LogP contribution < -0.4 is 4.74 Å². The van der Waals surface area contributed by atoms with Gasteiger partial charge in [-0.15, -0.1) is 0 Å². The summed E-state index contributed by atoms with van der Waals surface area (Å²) in [7, 11) is 0. The molecule has 0 aliphatic carbocycles. The van der Waals surface area contributed by atoms with Crippen molar-refractivity contribution in [3.8, 4) is 11.3 Å². The maximum Gasteiger partial charge on any atom is 0.229 e. The fourth-order valence-corrected chi connectivity index (χ4v) is 1.85. The predicted molar refractivity (Wildman–Crippen MR) is 64.1 cm³/mol. The van der Waals surface area contributed by atoms with E-state index in [1.165, 1.54) is 0 Å². The summed E-state index contributed by atoms with van der Waals surface area (Å²) in [5.74, 6) is 0.924. The van der Waals surface area contributed by atoms with Crippen LogP contribution in [-0.4, -0.2) is 0 Å². The van der Waals surface area contributed by atoms with Crippen LogP contribution in [0, 0.1) is 6.92 Å². The summed E-state index contributed by atoms with van der Waals surface area (Å²) >= 11 is 0. The van der Waals surface area contributed by atoms with Crippen LogP contribution in [0.3, 0.4) is 0 Å². The molecule has 0 N–H and O–H groups in total. The van der Waals surface area contributed by atoms with Gasteiger partial charge in [0.2, 0.25) is 17.0 Å². The van der Waals surface area contributed by atoms with Gasteiger partial charge < -0.3 is 0 Å². The van der Waals surface area contributed by atoms with Crippen molar-refractivity contribution >= 4 is 0 Å². The number of hydrogen-bond acceptors (Lipinski definition) is 1. The molecular weight excluding hydrogens is 198 g/mol. The van der Waals surface area contributed by atoms with E-state index in [1.807, 2.05) is 22.9 Å². The highest BCUT2D eigenvalue weighted by molar-refractivity contribution is 5.56. The quantitative estimate of drug-likeness (QED) is 0.668. The van der Waals surface area contributed by atoms with Crippen molar-refractivity contribution in [3.63, 3.8) is 0 Å². The molecule has 0 bridgehead atoms. The molecule has 0 amide bonds. The minimum Gasteiger partial charge on any atom is -0.235 e. The van der Waals surface area contributed by atoms with E-state index in [1.54, 1.807) is 0 Å². The van der Waals surface area contributed by atoms with Crippen LogP contribution in [0.15, 0.2) is 40.9 Å². The third kappa shape index (κ3) is 2.01. The van der Waals surface area contributed by atoms with Crippen molar-refractivity contribution < 1.29 is 9.26 Å². The van der Waals surface area contributed by atoms with Gasteiger partial charge in [0.25, 0.3) is 0 Å². The highest BCUT2D eigenvalue weighted by Gasteiger charge is 2.30. The molecule has 0 saturated heterocycles. The first-order valence-corrected chi connectivity index (χ1v) is 5.57. The van der Waals surface area contributed by atoms with Crippen molar-refractivity contribution in [2.24, 2.45) is 0 Å². The van der Waals surface area contributed by atoms with Gasteiger partial charge in [-0.3, -0.25) is 0 Å². The molecular formula is C14H18NO+. The molecule has 0 saturated carbocycles. The molecule has 0 aliphatic rings. The molecule has 2 aromatic rings. The summed E-state index contributed by atoms with van der Waals surface area (Å²) in [6.07, 6.45) is 0. The summed E-state index contributed by atoms with van der Waals surface area (Å²) in [4.78, 5) is 0. The van der Waals surface area contributed by atoms with E-state index in [4.69, 9.17) is 4.52 Å². The monoisotopic (exact) mass is 216 g/mol. The Bertz CT molecular complexity index is 477. The standard InChI is InChI=1S/C14H18NO/c1-11-10-13(12-8-6-5-7-9-12)16-15(11)14(2,3)4/h5-10H,1-4H3/q+1. The van der Waals surface area contributed by atoms with Crippen LogP contribution in [0.2, 0.25) is 0 Å². The molecule has 1 aromatic carbocycles. The van der Waals surface area contributed by atoms with Gasteiger partial charge in [-0.1, -0.05) is 30.3 Å². The average Bonchev–Trinajstić information content (AvgIpc) is 2.61. The lowest BCUT2D eigenvalue weighted by atomic mass is 10.1. The Hall–Kier alpha value is -1.57. The molecule has 0 radical (unpaired) electrons. The topological polar surface area (TPSA) is 17.0 Å². The second-order valence-corrected chi connectivity index (χ2v) is 5.07. The third-order valence-electron chi connectivity index (χ3n) is 2.52. The zero-order chi connectivity index (χ0) is 11.8. The molecule has 0 unspecified atom stereocenters.